The average Bonchev–Trinajstić information content (AvgIpc) is 2.78. The number of rotatable bonds is 6. The lowest BCUT2D eigenvalue weighted by molar-refractivity contribution is -0.330. The zero-order chi connectivity index (χ0) is 26.1. The highest BCUT2D eigenvalue weighted by Gasteiger charge is 2.37. The molecule has 1 saturated heterocycles. The zero-order valence-electron chi connectivity index (χ0n) is 18.8. The number of alkyl halides is 6. The zero-order valence-corrected chi connectivity index (χ0v) is 18.8. The van der Waals surface area contributed by atoms with E-state index in [4.69, 9.17) is 4.74 Å². The van der Waals surface area contributed by atoms with Crippen LogP contribution in [0.1, 0.15) is 41.7 Å². The smallest absolute Gasteiger partial charge is 0.366 e. The summed E-state index contributed by atoms with van der Waals surface area (Å²) in [5.74, 6) is -1.14. The third kappa shape index (κ3) is 6.64. The number of fused-ring (bicyclic) bond motifs is 1. The third-order valence-corrected chi connectivity index (χ3v) is 6.22. The van der Waals surface area contributed by atoms with E-state index in [1.807, 2.05) is 0 Å². The first-order chi connectivity index (χ1) is 16.9. The van der Waals surface area contributed by atoms with Gasteiger partial charge in [0.05, 0.1) is 30.3 Å². The Kier molecular flexibility index (Phi) is 7.41. The lowest BCUT2D eigenvalue weighted by Crippen LogP contribution is -2.52. The van der Waals surface area contributed by atoms with E-state index in [0.29, 0.717) is 25.7 Å². The van der Waals surface area contributed by atoms with Crippen LogP contribution in [0.15, 0.2) is 30.3 Å². The molecule has 0 radical (unpaired) electrons. The standard InChI is InChI=1S/C23H23F6N3O4/c24-22(25,26)14-2-5-17-13(9-14)1-4-18(32-17)20(33)30-15-3-6-19(35-11-15)21(34)31-16-7-12(8-16)10-36-23(27,28)29/h1-2,4-5,9,12,15-16,19H,3,6-8,10-11H2,(H,30,33)(H,31,34)/t12-,15-,16+,19+/m1/s1. The van der Waals surface area contributed by atoms with E-state index in [9.17, 15) is 35.9 Å². The van der Waals surface area contributed by atoms with Crippen molar-refractivity contribution in [3.8, 4) is 0 Å². The minimum atomic E-state index is -4.67. The fraction of sp³-hybridized carbons (Fsp3) is 0.522. The largest absolute Gasteiger partial charge is 0.522 e. The molecule has 2 atom stereocenters. The van der Waals surface area contributed by atoms with Gasteiger partial charge in [0.2, 0.25) is 5.91 Å². The van der Waals surface area contributed by atoms with E-state index >= 15 is 0 Å². The Bertz CT molecular complexity index is 1110. The molecule has 196 valence electrons. The van der Waals surface area contributed by atoms with Gasteiger partial charge in [-0.1, -0.05) is 6.07 Å². The Hall–Kier alpha value is -2.93. The van der Waals surface area contributed by atoms with Gasteiger partial charge in [0.1, 0.15) is 11.8 Å². The molecule has 2 heterocycles. The second-order valence-corrected chi connectivity index (χ2v) is 8.97. The van der Waals surface area contributed by atoms with E-state index in [1.165, 1.54) is 18.2 Å². The van der Waals surface area contributed by atoms with E-state index in [0.717, 1.165) is 12.1 Å². The summed E-state index contributed by atoms with van der Waals surface area (Å²) in [4.78, 5) is 29.1. The predicted octanol–water partition coefficient (Wildman–Crippen LogP) is 3.96. The minimum absolute atomic E-state index is 0.0381. The van der Waals surface area contributed by atoms with Crippen molar-refractivity contribution < 1.29 is 45.4 Å². The summed E-state index contributed by atoms with van der Waals surface area (Å²) >= 11 is 0. The van der Waals surface area contributed by atoms with Gasteiger partial charge >= 0.3 is 12.5 Å². The molecule has 13 heteroatoms. The SMILES string of the molecule is O=C(N[C@@H]1CC[C@@H](C(=O)N[C@H]2C[C@@H](COC(F)(F)F)C2)OC1)c1ccc2cc(C(F)(F)F)ccc2n1. The van der Waals surface area contributed by atoms with Gasteiger partial charge < -0.3 is 15.4 Å². The van der Waals surface area contributed by atoms with Crippen molar-refractivity contribution in [1.29, 1.82) is 0 Å². The molecule has 1 aliphatic carbocycles. The van der Waals surface area contributed by atoms with Crippen LogP contribution in [0.3, 0.4) is 0 Å². The van der Waals surface area contributed by atoms with E-state index in [-0.39, 0.29) is 47.1 Å². The van der Waals surface area contributed by atoms with Crippen LogP contribution in [0.5, 0.6) is 0 Å². The molecule has 1 aromatic heterocycles. The first-order valence-corrected chi connectivity index (χ1v) is 11.3. The van der Waals surface area contributed by atoms with Gasteiger partial charge in [0.15, 0.2) is 0 Å². The van der Waals surface area contributed by atoms with Gasteiger partial charge in [0, 0.05) is 11.4 Å². The summed E-state index contributed by atoms with van der Waals surface area (Å²) in [5.41, 5.74) is -0.522. The second-order valence-electron chi connectivity index (χ2n) is 8.97. The molecular weight excluding hydrogens is 496 g/mol. The molecule has 36 heavy (non-hydrogen) atoms. The molecule has 4 rings (SSSR count). The Morgan fingerprint density at radius 2 is 1.75 bits per heavy atom. The van der Waals surface area contributed by atoms with Gasteiger partial charge in [-0.15, -0.1) is 13.2 Å². The Labute approximate surface area is 201 Å². The third-order valence-electron chi connectivity index (χ3n) is 6.22. The number of benzene rings is 1. The van der Waals surface area contributed by atoms with E-state index < -0.39 is 36.7 Å². The van der Waals surface area contributed by atoms with Gasteiger partial charge in [-0.05, 0) is 55.9 Å². The second kappa shape index (κ2) is 10.2. The molecule has 1 aliphatic heterocycles. The molecule has 1 aromatic carbocycles. The van der Waals surface area contributed by atoms with Crippen molar-refractivity contribution in [2.45, 2.75) is 56.4 Å². The molecule has 2 N–H and O–H groups in total. The molecule has 2 aliphatic rings. The number of pyridine rings is 1. The Morgan fingerprint density at radius 1 is 1.00 bits per heavy atom. The van der Waals surface area contributed by atoms with Gasteiger partial charge in [0.25, 0.3) is 5.91 Å². The number of hydrogen-bond donors (Lipinski definition) is 2. The highest BCUT2D eigenvalue weighted by Crippen LogP contribution is 2.32. The molecule has 7 nitrogen and oxygen atoms in total. The molecule has 2 amide bonds. The van der Waals surface area contributed by atoms with E-state index in [1.54, 1.807) is 0 Å². The number of nitrogens with zero attached hydrogens (tertiary/aromatic N) is 1. The summed E-state index contributed by atoms with van der Waals surface area (Å²) in [6.45, 7) is -0.364. The van der Waals surface area contributed by atoms with Crippen molar-refractivity contribution in [3.05, 3.63) is 41.6 Å². The van der Waals surface area contributed by atoms with Crippen molar-refractivity contribution in [3.63, 3.8) is 0 Å². The summed E-state index contributed by atoms with van der Waals surface area (Å²) in [5, 5.41) is 5.75. The number of ether oxygens (including phenoxy) is 2. The van der Waals surface area contributed by atoms with E-state index in [2.05, 4.69) is 20.4 Å². The molecule has 1 saturated carbocycles. The normalized spacial score (nSPS) is 24.7. The van der Waals surface area contributed by atoms with Crippen LogP contribution in [0.4, 0.5) is 26.3 Å². The fourth-order valence-electron chi connectivity index (χ4n) is 4.26. The predicted molar refractivity (Wildman–Crippen MR) is 114 cm³/mol. The van der Waals surface area contributed by atoms with Gasteiger partial charge in [-0.25, -0.2) is 4.98 Å². The summed E-state index contributed by atoms with van der Waals surface area (Å²) in [7, 11) is 0. The quantitative estimate of drug-likeness (QED) is 0.564. The van der Waals surface area contributed by atoms with Crippen LogP contribution in [0, 0.1) is 5.92 Å². The van der Waals surface area contributed by atoms with Crippen LogP contribution in [-0.2, 0) is 20.4 Å². The molecule has 2 fully saturated rings. The summed E-state index contributed by atoms with van der Waals surface area (Å²) < 4.78 is 84.2. The number of carbonyl (C=O) groups is 2. The van der Waals surface area contributed by atoms with Crippen molar-refractivity contribution in [2.24, 2.45) is 5.92 Å². The monoisotopic (exact) mass is 519 g/mol. The molecule has 0 bridgehead atoms. The molecule has 2 aromatic rings. The van der Waals surface area contributed by atoms with Crippen LogP contribution in [-0.4, -0.2) is 54.6 Å². The average molecular weight is 519 g/mol. The lowest BCUT2D eigenvalue weighted by atomic mass is 9.80. The molecular formula is C23H23F6N3O4. The number of halogens is 6. The van der Waals surface area contributed by atoms with Crippen molar-refractivity contribution in [1.82, 2.24) is 15.6 Å². The number of amides is 2. The summed E-state index contributed by atoms with van der Waals surface area (Å²) in [6.07, 6.45) is -8.32. The molecule has 0 unspecified atom stereocenters. The maximum atomic E-state index is 12.9. The highest BCUT2D eigenvalue weighted by atomic mass is 19.4. The number of nitrogens with one attached hydrogen (secondary N) is 2. The summed E-state index contributed by atoms with van der Waals surface area (Å²) in [6, 6.07) is 5.18. The Morgan fingerprint density at radius 3 is 2.39 bits per heavy atom. The van der Waals surface area contributed by atoms with Gasteiger partial charge in [-0.2, -0.15) is 13.2 Å². The number of hydrogen-bond acceptors (Lipinski definition) is 5. The van der Waals surface area contributed by atoms with Crippen molar-refractivity contribution in [2.75, 3.05) is 13.2 Å². The first kappa shape index (κ1) is 26.1. The topological polar surface area (TPSA) is 89.6 Å². The molecule has 0 spiro atoms. The Balaban J connectivity index is 1.21. The van der Waals surface area contributed by atoms with Gasteiger partial charge in [-0.3, -0.25) is 14.3 Å². The lowest BCUT2D eigenvalue weighted by Gasteiger charge is -2.37. The fourth-order valence-corrected chi connectivity index (χ4v) is 4.26. The maximum Gasteiger partial charge on any atom is 0.522 e. The number of carbonyl (C=O) groups excluding carboxylic acids is 2. The first-order valence-electron chi connectivity index (χ1n) is 11.3. The van der Waals surface area contributed by atoms with Crippen LogP contribution < -0.4 is 10.6 Å². The minimum Gasteiger partial charge on any atom is -0.366 e. The van der Waals surface area contributed by atoms with Crippen molar-refractivity contribution >= 4 is 22.7 Å². The maximum absolute atomic E-state index is 12.9. The number of aromatic nitrogens is 1. The van der Waals surface area contributed by atoms with Crippen LogP contribution in [0.2, 0.25) is 0 Å². The highest BCUT2D eigenvalue weighted by molar-refractivity contribution is 5.95. The van der Waals surface area contributed by atoms with Crippen LogP contribution in [0.25, 0.3) is 10.9 Å². The van der Waals surface area contributed by atoms with Crippen LogP contribution >= 0.6 is 0 Å².